The highest BCUT2D eigenvalue weighted by atomic mass is 16.7. The van der Waals surface area contributed by atoms with Crippen LogP contribution in [0.4, 0.5) is 4.79 Å². The molecule has 6 heteroatoms. The van der Waals surface area contributed by atoms with Crippen molar-refractivity contribution < 1.29 is 18.8 Å². The molecule has 26 heavy (non-hydrogen) atoms. The zero-order chi connectivity index (χ0) is 19.4. The van der Waals surface area contributed by atoms with E-state index in [0.717, 1.165) is 5.56 Å². The third-order valence-corrected chi connectivity index (χ3v) is 5.65. The summed E-state index contributed by atoms with van der Waals surface area (Å²) in [6.45, 7) is 14.9. The second-order valence-corrected chi connectivity index (χ2v) is 9.45. The molecular weight excluding hydrogens is 329 g/mol. The molecule has 0 aromatic heterocycles. The topological polar surface area (TPSA) is 48.0 Å². The van der Waals surface area contributed by atoms with E-state index in [1.54, 1.807) is 4.90 Å². The summed E-state index contributed by atoms with van der Waals surface area (Å²) in [5.41, 5.74) is -0.206. The largest absolute Gasteiger partial charge is 0.472 e. The third kappa shape index (κ3) is 3.25. The lowest BCUT2D eigenvalue weighted by Crippen LogP contribution is -2.69. The van der Waals surface area contributed by atoms with Gasteiger partial charge in [-0.15, -0.1) is 0 Å². The fraction of sp³-hybridized carbons (Fsp3) is 0.650. The first kappa shape index (κ1) is 19.2. The molecule has 0 aliphatic carbocycles. The first-order valence-corrected chi connectivity index (χ1v) is 9.25. The predicted molar refractivity (Wildman–Crippen MR) is 102 cm³/mol. The van der Waals surface area contributed by atoms with Gasteiger partial charge in [-0.3, -0.25) is 0 Å². The lowest BCUT2D eigenvalue weighted by atomic mass is 9.49. The summed E-state index contributed by atoms with van der Waals surface area (Å²) in [4.78, 5) is 14.2. The van der Waals surface area contributed by atoms with Crippen molar-refractivity contribution in [2.24, 2.45) is 0 Å². The Morgan fingerprint density at radius 1 is 1.04 bits per heavy atom. The molecule has 3 rings (SSSR count). The van der Waals surface area contributed by atoms with Crippen molar-refractivity contribution in [2.75, 3.05) is 13.1 Å². The first-order valence-electron chi connectivity index (χ1n) is 9.25. The van der Waals surface area contributed by atoms with Crippen LogP contribution in [0.25, 0.3) is 0 Å². The van der Waals surface area contributed by atoms with Gasteiger partial charge >= 0.3 is 13.2 Å². The summed E-state index contributed by atoms with van der Waals surface area (Å²) in [7, 11) is -0.409. The van der Waals surface area contributed by atoms with Gasteiger partial charge in [-0.05, 0) is 54.0 Å². The van der Waals surface area contributed by atoms with Crippen molar-refractivity contribution in [2.45, 2.75) is 70.6 Å². The molecule has 5 nitrogen and oxygen atoms in total. The van der Waals surface area contributed by atoms with E-state index in [1.807, 2.05) is 39.0 Å². The zero-order valence-corrected chi connectivity index (χ0v) is 17.0. The molecule has 2 saturated heterocycles. The van der Waals surface area contributed by atoms with Gasteiger partial charge in [0.1, 0.15) is 5.60 Å². The van der Waals surface area contributed by atoms with Crippen molar-refractivity contribution in [1.82, 2.24) is 4.90 Å². The van der Waals surface area contributed by atoms with E-state index in [-0.39, 0.29) is 11.4 Å². The standard InChI is InChI=1S/C20H30BNO4/c1-17(2,3)24-16(23)22-13-20(14-22,15-11-9-8-10-12-15)21-25-18(4,5)19(6,7)26-21/h8-12H,13-14H2,1-7H3. The molecule has 2 fully saturated rings. The summed E-state index contributed by atoms with van der Waals surface area (Å²) in [5.74, 6) is 0. The van der Waals surface area contributed by atoms with Crippen LogP contribution >= 0.6 is 0 Å². The predicted octanol–water partition coefficient (Wildman–Crippen LogP) is 3.81. The third-order valence-electron chi connectivity index (χ3n) is 5.65. The van der Waals surface area contributed by atoms with Crippen LogP contribution in [0, 0.1) is 0 Å². The molecule has 1 amide bonds. The molecule has 0 saturated carbocycles. The number of nitrogens with zero attached hydrogens (tertiary/aromatic N) is 1. The first-order chi connectivity index (χ1) is 11.9. The number of carbonyl (C=O) groups excluding carboxylic acids is 1. The van der Waals surface area contributed by atoms with E-state index in [4.69, 9.17) is 14.0 Å². The highest BCUT2D eigenvalue weighted by Crippen LogP contribution is 2.47. The molecule has 142 valence electrons. The minimum atomic E-state index is -0.508. The average Bonchev–Trinajstić information content (AvgIpc) is 2.65. The Kier molecular flexibility index (Phi) is 4.44. The van der Waals surface area contributed by atoms with Gasteiger partial charge in [0.25, 0.3) is 0 Å². The van der Waals surface area contributed by atoms with E-state index in [9.17, 15) is 4.79 Å². The molecule has 0 N–H and O–H groups in total. The van der Waals surface area contributed by atoms with E-state index in [2.05, 4.69) is 39.8 Å². The smallest absolute Gasteiger partial charge is 0.444 e. The summed E-state index contributed by atoms with van der Waals surface area (Å²) < 4.78 is 18.2. The number of hydrogen-bond donors (Lipinski definition) is 0. The lowest BCUT2D eigenvalue weighted by molar-refractivity contribution is -0.00249. The van der Waals surface area contributed by atoms with Crippen LogP contribution in [-0.2, 0) is 19.4 Å². The minimum Gasteiger partial charge on any atom is -0.444 e. The van der Waals surface area contributed by atoms with Gasteiger partial charge < -0.3 is 18.9 Å². The molecular formula is C20H30BNO4. The van der Waals surface area contributed by atoms with E-state index in [0.29, 0.717) is 13.1 Å². The summed E-state index contributed by atoms with van der Waals surface area (Å²) in [6, 6.07) is 10.2. The highest BCUT2D eigenvalue weighted by molar-refractivity contribution is 6.50. The maximum Gasteiger partial charge on any atom is 0.472 e. The normalized spacial score (nSPS) is 23.5. The Balaban J connectivity index is 1.85. The number of likely N-dealkylation sites (tertiary alicyclic amines) is 1. The van der Waals surface area contributed by atoms with Crippen molar-refractivity contribution in [3.63, 3.8) is 0 Å². The number of benzene rings is 1. The quantitative estimate of drug-likeness (QED) is 0.754. The second kappa shape index (κ2) is 5.99. The fourth-order valence-electron chi connectivity index (χ4n) is 3.40. The van der Waals surface area contributed by atoms with Gasteiger partial charge in [-0.25, -0.2) is 4.79 Å². The molecule has 2 aliphatic heterocycles. The van der Waals surface area contributed by atoms with Crippen LogP contribution in [0.5, 0.6) is 0 Å². The minimum absolute atomic E-state index is 0.291. The van der Waals surface area contributed by atoms with Crippen LogP contribution in [0.1, 0.15) is 54.0 Å². The van der Waals surface area contributed by atoms with Crippen LogP contribution in [0.15, 0.2) is 30.3 Å². The molecule has 1 aromatic rings. The van der Waals surface area contributed by atoms with E-state index < -0.39 is 23.9 Å². The summed E-state index contributed by atoms with van der Waals surface area (Å²) in [5, 5.41) is -0.386. The molecule has 0 radical (unpaired) electrons. The number of amides is 1. The van der Waals surface area contributed by atoms with Crippen molar-refractivity contribution in [3.8, 4) is 0 Å². The SMILES string of the molecule is CC(C)(C)OC(=O)N1CC(B2OC(C)(C)C(C)(C)O2)(c2ccccc2)C1. The molecule has 2 heterocycles. The molecule has 2 aliphatic rings. The van der Waals surface area contributed by atoms with E-state index >= 15 is 0 Å². The average molecular weight is 359 g/mol. The van der Waals surface area contributed by atoms with Gasteiger partial charge in [0, 0.05) is 13.1 Å². The zero-order valence-electron chi connectivity index (χ0n) is 17.0. The summed E-state index contributed by atoms with van der Waals surface area (Å²) >= 11 is 0. The lowest BCUT2D eigenvalue weighted by Gasteiger charge is -2.50. The molecule has 0 bridgehead atoms. The van der Waals surface area contributed by atoms with Gasteiger partial charge in [0.2, 0.25) is 0 Å². The Morgan fingerprint density at radius 2 is 1.54 bits per heavy atom. The molecule has 0 atom stereocenters. The number of rotatable bonds is 2. The second-order valence-electron chi connectivity index (χ2n) is 9.45. The van der Waals surface area contributed by atoms with Crippen molar-refractivity contribution in [3.05, 3.63) is 35.9 Å². The van der Waals surface area contributed by atoms with E-state index in [1.165, 1.54) is 0 Å². The Morgan fingerprint density at radius 3 is 2.00 bits per heavy atom. The van der Waals surface area contributed by atoms with Crippen molar-refractivity contribution in [1.29, 1.82) is 0 Å². The molecule has 1 aromatic carbocycles. The Bertz CT molecular complexity index is 659. The molecule has 0 unspecified atom stereocenters. The monoisotopic (exact) mass is 359 g/mol. The van der Waals surface area contributed by atoms with Gasteiger partial charge in [0.05, 0.1) is 16.5 Å². The molecule has 0 spiro atoms. The highest BCUT2D eigenvalue weighted by Gasteiger charge is 2.65. The maximum absolute atomic E-state index is 12.5. The Hall–Kier alpha value is -1.53. The van der Waals surface area contributed by atoms with Crippen LogP contribution in [-0.4, -0.2) is 48.0 Å². The van der Waals surface area contributed by atoms with Gasteiger partial charge in [-0.2, -0.15) is 0 Å². The van der Waals surface area contributed by atoms with Crippen LogP contribution in [0.3, 0.4) is 0 Å². The number of carbonyl (C=O) groups is 1. The number of ether oxygens (including phenoxy) is 1. The van der Waals surface area contributed by atoms with Crippen molar-refractivity contribution >= 4 is 13.2 Å². The Labute approximate surface area is 157 Å². The van der Waals surface area contributed by atoms with Crippen LogP contribution in [0.2, 0.25) is 0 Å². The fourth-order valence-corrected chi connectivity index (χ4v) is 3.40. The van der Waals surface area contributed by atoms with Crippen LogP contribution < -0.4 is 0 Å². The maximum atomic E-state index is 12.5. The van der Waals surface area contributed by atoms with Gasteiger partial charge in [-0.1, -0.05) is 30.3 Å². The number of hydrogen-bond acceptors (Lipinski definition) is 4. The summed E-state index contributed by atoms with van der Waals surface area (Å²) in [6.07, 6.45) is -0.291. The van der Waals surface area contributed by atoms with Gasteiger partial charge in [0.15, 0.2) is 0 Å².